The smallest absolute Gasteiger partial charge is 0.226 e. The quantitative estimate of drug-likeness (QED) is 0.823. The highest BCUT2D eigenvalue weighted by atomic mass is 32.1. The number of carbonyl (C=O) groups excluding carboxylic acids is 1. The van der Waals surface area contributed by atoms with Crippen molar-refractivity contribution in [3.05, 3.63) is 27.9 Å². The fraction of sp³-hybridized carbons (Fsp3) is 0.467. The second-order valence-electron chi connectivity index (χ2n) is 5.42. The van der Waals surface area contributed by atoms with E-state index in [9.17, 15) is 9.90 Å². The maximum Gasteiger partial charge on any atom is 0.226 e. The maximum absolute atomic E-state index is 11.8. The molecule has 2 aromatic heterocycles. The van der Waals surface area contributed by atoms with Gasteiger partial charge in [-0.05, 0) is 23.8 Å². The number of nitrogens with zero attached hydrogens (tertiary/aromatic N) is 1. The summed E-state index contributed by atoms with van der Waals surface area (Å²) in [5.74, 6) is 0.323. The first-order valence-corrected chi connectivity index (χ1v) is 8.78. The van der Waals surface area contributed by atoms with Crippen molar-refractivity contribution in [2.24, 2.45) is 5.92 Å². The van der Waals surface area contributed by atoms with Crippen molar-refractivity contribution in [3.63, 3.8) is 0 Å². The number of aliphatic hydroxyl groups is 1. The van der Waals surface area contributed by atoms with Gasteiger partial charge in [0.1, 0.15) is 5.01 Å². The number of aromatic nitrogens is 1. The zero-order chi connectivity index (χ0) is 15.2. The lowest BCUT2D eigenvalue weighted by atomic mass is 10.1. The van der Waals surface area contributed by atoms with Crippen molar-refractivity contribution < 1.29 is 9.90 Å². The zero-order valence-electron chi connectivity index (χ0n) is 12.2. The molecule has 0 aliphatic heterocycles. The molecule has 0 radical (unpaired) electrons. The predicted molar refractivity (Wildman–Crippen MR) is 87.6 cm³/mol. The summed E-state index contributed by atoms with van der Waals surface area (Å²) < 4.78 is 0. The van der Waals surface area contributed by atoms with Crippen LogP contribution in [0.25, 0.3) is 10.6 Å². The van der Waals surface area contributed by atoms with Crippen LogP contribution in [0.3, 0.4) is 0 Å². The van der Waals surface area contributed by atoms with Crippen LogP contribution in [0.2, 0.25) is 0 Å². The van der Waals surface area contributed by atoms with Gasteiger partial charge in [-0.2, -0.15) is 11.3 Å². The van der Waals surface area contributed by atoms with Gasteiger partial charge in [0.15, 0.2) is 0 Å². The van der Waals surface area contributed by atoms with Gasteiger partial charge in [0.2, 0.25) is 5.91 Å². The third-order valence-corrected chi connectivity index (χ3v) is 4.56. The van der Waals surface area contributed by atoms with Crippen molar-refractivity contribution in [1.82, 2.24) is 10.3 Å². The van der Waals surface area contributed by atoms with Gasteiger partial charge in [-0.25, -0.2) is 4.98 Å². The first-order valence-electron chi connectivity index (χ1n) is 6.96. The highest BCUT2D eigenvalue weighted by Gasteiger charge is 2.12. The second kappa shape index (κ2) is 7.68. The Morgan fingerprint density at radius 1 is 1.43 bits per heavy atom. The van der Waals surface area contributed by atoms with E-state index in [1.807, 2.05) is 36.1 Å². The molecule has 0 aliphatic rings. The zero-order valence-corrected chi connectivity index (χ0v) is 13.8. The summed E-state index contributed by atoms with van der Waals surface area (Å²) in [6.45, 7) is 4.40. The monoisotopic (exact) mass is 324 g/mol. The fourth-order valence-electron chi connectivity index (χ4n) is 1.99. The summed E-state index contributed by atoms with van der Waals surface area (Å²) in [5, 5.41) is 19.4. The minimum Gasteiger partial charge on any atom is -0.391 e. The summed E-state index contributed by atoms with van der Waals surface area (Å²) in [5.41, 5.74) is 1.88. The average molecular weight is 324 g/mol. The average Bonchev–Trinajstić information content (AvgIpc) is 3.05. The summed E-state index contributed by atoms with van der Waals surface area (Å²) in [4.78, 5) is 16.3. The van der Waals surface area contributed by atoms with Gasteiger partial charge >= 0.3 is 0 Å². The Labute approximate surface area is 132 Å². The van der Waals surface area contributed by atoms with Crippen LogP contribution in [0.5, 0.6) is 0 Å². The van der Waals surface area contributed by atoms with Crippen LogP contribution in [0.4, 0.5) is 0 Å². The molecule has 1 unspecified atom stereocenters. The Balaban J connectivity index is 1.80. The number of carbonyl (C=O) groups is 1. The van der Waals surface area contributed by atoms with Crippen molar-refractivity contribution in [3.8, 4) is 10.6 Å². The lowest BCUT2D eigenvalue weighted by molar-refractivity contribution is -0.121. The third-order valence-electron chi connectivity index (χ3n) is 2.94. The van der Waals surface area contributed by atoms with Gasteiger partial charge in [0.05, 0.1) is 18.2 Å². The van der Waals surface area contributed by atoms with E-state index in [1.165, 1.54) is 0 Å². The number of thiophene rings is 1. The number of hydrogen-bond acceptors (Lipinski definition) is 5. The molecule has 0 aliphatic carbocycles. The van der Waals surface area contributed by atoms with E-state index in [1.54, 1.807) is 22.7 Å². The van der Waals surface area contributed by atoms with Gasteiger partial charge in [0, 0.05) is 22.9 Å². The first kappa shape index (κ1) is 16.1. The number of amides is 1. The van der Waals surface area contributed by atoms with Crippen LogP contribution in [0, 0.1) is 5.92 Å². The van der Waals surface area contributed by atoms with Crippen molar-refractivity contribution in [2.45, 2.75) is 32.8 Å². The van der Waals surface area contributed by atoms with E-state index in [-0.39, 0.29) is 12.3 Å². The highest BCUT2D eigenvalue weighted by Crippen LogP contribution is 2.25. The van der Waals surface area contributed by atoms with E-state index >= 15 is 0 Å². The Kier molecular flexibility index (Phi) is 5.90. The molecule has 0 saturated carbocycles. The molecule has 0 fully saturated rings. The fourth-order valence-corrected chi connectivity index (χ4v) is 3.52. The summed E-state index contributed by atoms with van der Waals surface area (Å²) in [6.07, 6.45) is 0.472. The molecule has 1 amide bonds. The molecule has 0 saturated heterocycles. The molecule has 2 rings (SSSR count). The molecular formula is C15H20N2O2S2. The molecule has 4 nitrogen and oxygen atoms in total. The van der Waals surface area contributed by atoms with E-state index < -0.39 is 6.10 Å². The van der Waals surface area contributed by atoms with E-state index in [0.29, 0.717) is 18.9 Å². The van der Waals surface area contributed by atoms with Gasteiger partial charge in [-0.15, -0.1) is 11.3 Å². The normalized spacial score (nSPS) is 12.6. The number of hydrogen-bond donors (Lipinski definition) is 2. The highest BCUT2D eigenvalue weighted by molar-refractivity contribution is 7.14. The van der Waals surface area contributed by atoms with E-state index in [2.05, 4.69) is 10.3 Å². The number of nitrogens with one attached hydrogen (secondary N) is 1. The molecule has 2 heterocycles. The van der Waals surface area contributed by atoms with E-state index in [4.69, 9.17) is 0 Å². The SMILES string of the molecule is CC(C)CC(O)CNC(=O)Cc1csc(-c2ccsc2)n1. The molecule has 21 heavy (non-hydrogen) atoms. The topological polar surface area (TPSA) is 62.2 Å². The summed E-state index contributed by atoms with van der Waals surface area (Å²) in [7, 11) is 0. The first-order chi connectivity index (χ1) is 10.0. The van der Waals surface area contributed by atoms with Crippen LogP contribution in [0.1, 0.15) is 26.0 Å². The van der Waals surface area contributed by atoms with Crippen LogP contribution < -0.4 is 5.32 Å². The third kappa shape index (κ3) is 5.22. The largest absolute Gasteiger partial charge is 0.391 e. The van der Waals surface area contributed by atoms with Crippen LogP contribution in [0.15, 0.2) is 22.2 Å². The lowest BCUT2D eigenvalue weighted by Crippen LogP contribution is -2.33. The number of aliphatic hydroxyl groups excluding tert-OH is 1. The Bertz CT molecular complexity index is 564. The van der Waals surface area contributed by atoms with Gasteiger partial charge in [-0.3, -0.25) is 4.79 Å². The molecule has 1 atom stereocenters. The van der Waals surface area contributed by atoms with Crippen LogP contribution >= 0.6 is 22.7 Å². The van der Waals surface area contributed by atoms with Crippen LogP contribution in [-0.2, 0) is 11.2 Å². The summed E-state index contributed by atoms with van der Waals surface area (Å²) >= 11 is 3.18. The molecule has 0 aromatic carbocycles. The molecular weight excluding hydrogens is 304 g/mol. The standard InChI is InChI=1S/C15H20N2O2S2/c1-10(2)5-13(18)7-16-14(19)6-12-9-21-15(17-12)11-3-4-20-8-11/h3-4,8-10,13,18H,5-7H2,1-2H3,(H,16,19). The Morgan fingerprint density at radius 3 is 2.90 bits per heavy atom. The summed E-state index contributed by atoms with van der Waals surface area (Å²) in [6, 6.07) is 2.02. The molecule has 6 heteroatoms. The maximum atomic E-state index is 11.8. The molecule has 0 bridgehead atoms. The van der Waals surface area contributed by atoms with E-state index in [0.717, 1.165) is 16.3 Å². The molecule has 2 aromatic rings. The van der Waals surface area contributed by atoms with Crippen molar-refractivity contribution in [1.29, 1.82) is 0 Å². The minimum absolute atomic E-state index is 0.0972. The van der Waals surface area contributed by atoms with Gasteiger partial charge in [-0.1, -0.05) is 13.8 Å². The molecule has 114 valence electrons. The van der Waals surface area contributed by atoms with Crippen molar-refractivity contribution in [2.75, 3.05) is 6.54 Å². The second-order valence-corrected chi connectivity index (χ2v) is 7.06. The molecule has 0 spiro atoms. The Morgan fingerprint density at radius 2 is 2.24 bits per heavy atom. The number of thiazole rings is 1. The van der Waals surface area contributed by atoms with Gasteiger partial charge in [0.25, 0.3) is 0 Å². The number of rotatable bonds is 7. The molecule has 2 N–H and O–H groups in total. The lowest BCUT2D eigenvalue weighted by Gasteiger charge is -2.13. The minimum atomic E-state index is -0.481. The predicted octanol–water partition coefficient (Wildman–Crippen LogP) is 2.94. The Hall–Kier alpha value is -1.24. The van der Waals surface area contributed by atoms with Crippen LogP contribution in [-0.4, -0.2) is 28.6 Å². The van der Waals surface area contributed by atoms with Gasteiger partial charge < -0.3 is 10.4 Å². The van der Waals surface area contributed by atoms with Crippen molar-refractivity contribution >= 4 is 28.6 Å².